The number of primary amides is 1. The van der Waals surface area contributed by atoms with Crippen LogP contribution >= 0.6 is 11.3 Å². The number of halogens is 1. The van der Waals surface area contributed by atoms with Gasteiger partial charge in [-0.2, -0.15) is 0 Å². The van der Waals surface area contributed by atoms with E-state index >= 15 is 0 Å². The maximum Gasteiger partial charge on any atom is 0.237 e. The predicted octanol–water partition coefficient (Wildman–Crippen LogP) is 2.46. The monoisotopic (exact) mass is 292 g/mol. The van der Waals surface area contributed by atoms with Crippen molar-refractivity contribution >= 4 is 17.2 Å². The van der Waals surface area contributed by atoms with Gasteiger partial charge in [-0.1, -0.05) is 18.2 Å². The molecule has 20 heavy (non-hydrogen) atoms. The van der Waals surface area contributed by atoms with Crippen LogP contribution in [0.5, 0.6) is 0 Å². The fourth-order valence-corrected chi connectivity index (χ4v) is 2.63. The summed E-state index contributed by atoms with van der Waals surface area (Å²) in [7, 11) is 0. The number of carbonyl (C=O) groups excluding carboxylic acids is 1. The lowest BCUT2D eigenvalue weighted by Crippen LogP contribution is -2.54. The van der Waals surface area contributed by atoms with E-state index in [-0.39, 0.29) is 5.82 Å². The average Bonchev–Trinajstić information content (AvgIpc) is 2.89. The summed E-state index contributed by atoms with van der Waals surface area (Å²) in [4.78, 5) is 12.9. The van der Waals surface area contributed by atoms with Crippen LogP contribution < -0.4 is 11.1 Å². The van der Waals surface area contributed by atoms with Crippen molar-refractivity contribution in [2.24, 2.45) is 5.73 Å². The van der Waals surface area contributed by atoms with E-state index in [1.807, 2.05) is 17.5 Å². The van der Waals surface area contributed by atoms with Crippen LogP contribution in [0.15, 0.2) is 41.8 Å². The molecule has 106 valence electrons. The minimum Gasteiger partial charge on any atom is -0.368 e. The largest absolute Gasteiger partial charge is 0.368 e. The molecule has 3 N–H and O–H groups in total. The van der Waals surface area contributed by atoms with E-state index < -0.39 is 11.4 Å². The van der Waals surface area contributed by atoms with E-state index in [4.69, 9.17) is 5.73 Å². The number of hydrogen-bond acceptors (Lipinski definition) is 3. The van der Waals surface area contributed by atoms with Crippen molar-refractivity contribution in [1.29, 1.82) is 0 Å². The number of nitrogens with two attached hydrogens (primary N) is 1. The molecule has 1 unspecified atom stereocenters. The summed E-state index contributed by atoms with van der Waals surface area (Å²) < 4.78 is 13.2. The molecule has 0 aliphatic carbocycles. The van der Waals surface area contributed by atoms with Crippen LogP contribution in [-0.2, 0) is 17.8 Å². The first kappa shape index (κ1) is 14.7. The van der Waals surface area contributed by atoms with E-state index in [2.05, 4.69) is 5.32 Å². The maximum absolute atomic E-state index is 13.2. The van der Waals surface area contributed by atoms with Gasteiger partial charge in [0.1, 0.15) is 5.82 Å². The van der Waals surface area contributed by atoms with Crippen molar-refractivity contribution in [3.05, 3.63) is 58.0 Å². The number of nitrogens with one attached hydrogen (secondary N) is 1. The number of hydrogen-bond donors (Lipinski definition) is 2. The fourth-order valence-electron chi connectivity index (χ4n) is 1.99. The van der Waals surface area contributed by atoms with E-state index in [9.17, 15) is 9.18 Å². The molecule has 1 atom stereocenters. The summed E-state index contributed by atoms with van der Waals surface area (Å²) in [5.41, 5.74) is 5.34. The van der Waals surface area contributed by atoms with E-state index in [1.165, 1.54) is 12.1 Å². The van der Waals surface area contributed by atoms with Crippen LogP contribution in [0.25, 0.3) is 0 Å². The lowest BCUT2D eigenvalue weighted by molar-refractivity contribution is -0.123. The van der Waals surface area contributed by atoms with Gasteiger partial charge in [-0.15, -0.1) is 11.3 Å². The molecule has 0 spiro atoms. The molecule has 0 fully saturated rings. The van der Waals surface area contributed by atoms with E-state index in [1.54, 1.807) is 30.4 Å². The first-order valence-corrected chi connectivity index (χ1v) is 7.19. The molecule has 0 aliphatic rings. The van der Waals surface area contributed by atoms with Crippen molar-refractivity contribution < 1.29 is 9.18 Å². The quantitative estimate of drug-likeness (QED) is 0.859. The summed E-state index contributed by atoms with van der Waals surface area (Å²) >= 11 is 1.61. The van der Waals surface area contributed by atoms with Gasteiger partial charge in [0, 0.05) is 11.4 Å². The molecule has 0 aliphatic heterocycles. The topological polar surface area (TPSA) is 55.1 Å². The summed E-state index contributed by atoms with van der Waals surface area (Å²) in [6.07, 6.45) is 0.353. The second-order valence-electron chi connectivity index (χ2n) is 4.94. The molecule has 0 saturated carbocycles. The Hall–Kier alpha value is -1.72. The molecule has 2 rings (SSSR count). The second kappa shape index (κ2) is 6.15. The fraction of sp³-hybridized carbons (Fsp3) is 0.267. The van der Waals surface area contributed by atoms with Crippen molar-refractivity contribution in [2.45, 2.75) is 25.4 Å². The number of carbonyl (C=O) groups is 1. The Morgan fingerprint density at radius 3 is 2.80 bits per heavy atom. The highest BCUT2D eigenvalue weighted by Crippen LogP contribution is 2.16. The van der Waals surface area contributed by atoms with Crippen LogP contribution in [0.2, 0.25) is 0 Å². The normalized spacial score (nSPS) is 13.9. The van der Waals surface area contributed by atoms with Gasteiger partial charge in [0.25, 0.3) is 0 Å². The van der Waals surface area contributed by atoms with Crippen LogP contribution in [-0.4, -0.2) is 11.4 Å². The molecule has 1 aromatic carbocycles. The Balaban J connectivity index is 2.10. The highest BCUT2D eigenvalue weighted by atomic mass is 32.1. The van der Waals surface area contributed by atoms with Gasteiger partial charge in [-0.3, -0.25) is 10.1 Å². The molecule has 1 heterocycles. The SMILES string of the molecule is CC(Cc1cccc(F)c1)(NCc1cccs1)C(N)=O. The van der Waals surface area contributed by atoms with Crippen LogP contribution in [0.3, 0.4) is 0 Å². The van der Waals surface area contributed by atoms with Gasteiger partial charge in [-0.05, 0) is 42.5 Å². The Kier molecular flexibility index (Phi) is 4.52. The zero-order valence-electron chi connectivity index (χ0n) is 11.2. The molecule has 1 aromatic heterocycles. The van der Waals surface area contributed by atoms with Gasteiger partial charge in [0.05, 0.1) is 5.54 Å². The van der Waals surface area contributed by atoms with Gasteiger partial charge in [0.15, 0.2) is 0 Å². The molecule has 1 amide bonds. The van der Waals surface area contributed by atoms with Gasteiger partial charge < -0.3 is 5.73 Å². The Bertz CT molecular complexity index is 585. The third-order valence-electron chi connectivity index (χ3n) is 3.22. The number of benzene rings is 1. The molecular formula is C15H17FN2OS. The smallest absolute Gasteiger partial charge is 0.237 e. The molecule has 2 aromatic rings. The Morgan fingerprint density at radius 2 is 2.20 bits per heavy atom. The summed E-state index contributed by atoms with van der Waals surface area (Å²) in [5, 5.41) is 5.16. The number of thiophene rings is 1. The zero-order valence-corrected chi connectivity index (χ0v) is 12.0. The second-order valence-corrected chi connectivity index (χ2v) is 5.97. The van der Waals surface area contributed by atoms with Crippen molar-refractivity contribution in [2.75, 3.05) is 0 Å². The molecule has 5 heteroatoms. The van der Waals surface area contributed by atoms with E-state index in [0.29, 0.717) is 13.0 Å². The van der Waals surface area contributed by atoms with Crippen molar-refractivity contribution in [3.8, 4) is 0 Å². The van der Waals surface area contributed by atoms with Crippen molar-refractivity contribution in [3.63, 3.8) is 0 Å². The maximum atomic E-state index is 13.2. The first-order chi connectivity index (χ1) is 9.49. The van der Waals surface area contributed by atoms with Gasteiger partial charge in [-0.25, -0.2) is 4.39 Å². The lowest BCUT2D eigenvalue weighted by atomic mass is 9.92. The molecule has 0 saturated heterocycles. The van der Waals surface area contributed by atoms with Crippen LogP contribution in [0.4, 0.5) is 4.39 Å². The molecular weight excluding hydrogens is 275 g/mol. The molecule has 3 nitrogen and oxygen atoms in total. The van der Waals surface area contributed by atoms with Crippen molar-refractivity contribution in [1.82, 2.24) is 5.32 Å². The summed E-state index contributed by atoms with van der Waals surface area (Å²) in [6.45, 7) is 2.31. The molecule has 0 radical (unpaired) electrons. The summed E-state index contributed by atoms with van der Waals surface area (Å²) in [6, 6.07) is 10.2. The minimum absolute atomic E-state index is 0.312. The third-order valence-corrected chi connectivity index (χ3v) is 4.10. The van der Waals surface area contributed by atoms with E-state index in [0.717, 1.165) is 10.4 Å². The summed E-state index contributed by atoms with van der Waals surface area (Å²) in [5.74, 6) is -0.758. The Morgan fingerprint density at radius 1 is 1.40 bits per heavy atom. The van der Waals surface area contributed by atoms with Gasteiger partial charge in [0.2, 0.25) is 5.91 Å². The number of amides is 1. The highest BCUT2D eigenvalue weighted by Gasteiger charge is 2.30. The predicted molar refractivity (Wildman–Crippen MR) is 78.9 cm³/mol. The first-order valence-electron chi connectivity index (χ1n) is 6.31. The third kappa shape index (κ3) is 3.65. The Labute approximate surface area is 121 Å². The lowest BCUT2D eigenvalue weighted by Gasteiger charge is -2.27. The highest BCUT2D eigenvalue weighted by molar-refractivity contribution is 7.09. The minimum atomic E-state index is -0.905. The number of rotatable bonds is 6. The average molecular weight is 292 g/mol. The van der Waals surface area contributed by atoms with Crippen LogP contribution in [0, 0.1) is 5.82 Å². The van der Waals surface area contributed by atoms with Gasteiger partial charge >= 0.3 is 0 Å². The van der Waals surface area contributed by atoms with Crippen LogP contribution in [0.1, 0.15) is 17.4 Å². The standard InChI is InChI=1S/C15H17FN2OS/c1-15(14(17)19,18-10-13-6-3-7-20-13)9-11-4-2-5-12(16)8-11/h2-8,18H,9-10H2,1H3,(H2,17,19). The zero-order chi connectivity index (χ0) is 14.6. The molecule has 0 bridgehead atoms.